The molecule has 0 bridgehead atoms. The minimum Gasteiger partial charge on any atom is -0.481 e. The van der Waals surface area contributed by atoms with Gasteiger partial charge in [0.15, 0.2) is 11.6 Å². The average Bonchev–Trinajstić information content (AvgIpc) is 2.31. The Morgan fingerprint density at radius 2 is 2.06 bits per heavy atom. The molecular weight excluding hydrogens is 244 g/mol. The van der Waals surface area contributed by atoms with Gasteiger partial charge in [-0.15, -0.1) is 0 Å². The first kappa shape index (κ1) is 14.5. The highest BCUT2D eigenvalue weighted by molar-refractivity contribution is 5.67. The molecule has 0 aliphatic heterocycles. The highest BCUT2D eigenvalue weighted by Crippen LogP contribution is 2.21. The normalized spacial score (nSPS) is 14.2. The SMILES string of the molecule is CCNC(CC(=O)O)C(O)c1ccc(F)c(F)c1. The van der Waals surface area contributed by atoms with E-state index in [0.29, 0.717) is 6.54 Å². The minimum absolute atomic E-state index is 0.140. The third-order valence-corrected chi connectivity index (χ3v) is 2.53. The standard InChI is InChI=1S/C12H15F2NO3/c1-2-15-10(6-11(16)17)12(18)7-3-4-8(13)9(14)5-7/h3-5,10,12,15,18H,2,6H2,1H3,(H,16,17). The van der Waals surface area contributed by atoms with Gasteiger partial charge in [0.2, 0.25) is 0 Å². The van der Waals surface area contributed by atoms with Crippen LogP contribution in [0.5, 0.6) is 0 Å². The van der Waals surface area contributed by atoms with Crippen LogP contribution in [-0.2, 0) is 4.79 Å². The second-order valence-corrected chi connectivity index (χ2v) is 3.88. The van der Waals surface area contributed by atoms with Gasteiger partial charge in [0, 0.05) is 6.04 Å². The van der Waals surface area contributed by atoms with Gasteiger partial charge in [-0.2, -0.15) is 0 Å². The van der Waals surface area contributed by atoms with Crippen LogP contribution in [0.15, 0.2) is 18.2 Å². The first-order valence-electron chi connectivity index (χ1n) is 5.54. The van der Waals surface area contributed by atoms with Crippen molar-refractivity contribution in [1.29, 1.82) is 0 Å². The molecule has 1 aromatic rings. The molecule has 18 heavy (non-hydrogen) atoms. The van der Waals surface area contributed by atoms with E-state index in [4.69, 9.17) is 5.11 Å². The van der Waals surface area contributed by atoms with Crippen LogP contribution < -0.4 is 5.32 Å². The zero-order chi connectivity index (χ0) is 13.7. The van der Waals surface area contributed by atoms with Crippen LogP contribution in [0.1, 0.15) is 25.0 Å². The molecule has 2 atom stereocenters. The van der Waals surface area contributed by atoms with Crippen molar-refractivity contribution in [1.82, 2.24) is 5.32 Å². The Labute approximate surface area is 103 Å². The first-order valence-corrected chi connectivity index (χ1v) is 5.54. The van der Waals surface area contributed by atoms with Crippen molar-refractivity contribution in [3.05, 3.63) is 35.4 Å². The maximum absolute atomic E-state index is 13.0. The molecule has 0 radical (unpaired) electrons. The van der Waals surface area contributed by atoms with E-state index in [0.717, 1.165) is 12.1 Å². The van der Waals surface area contributed by atoms with Gasteiger partial charge >= 0.3 is 5.97 Å². The fraction of sp³-hybridized carbons (Fsp3) is 0.417. The molecule has 1 aromatic carbocycles. The van der Waals surface area contributed by atoms with Crippen molar-refractivity contribution in [2.45, 2.75) is 25.5 Å². The summed E-state index contributed by atoms with van der Waals surface area (Å²) in [7, 11) is 0. The fourth-order valence-corrected chi connectivity index (χ4v) is 1.67. The second-order valence-electron chi connectivity index (χ2n) is 3.88. The van der Waals surface area contributed by atoms with Gasteiger partial charge in [-0.3, -0.25) is 4.79 Å². The van der Waals surface area contributed by atoms with Crippen LogP contribution >= 0.6 is 0 Å². The topological polar surface area (TPSA) is 69.6 Å². The number of carboxylic acid groups (broad SMARTS) is 1. The van der Waals surface area contributed by atoms with Gasteiger partial charge in [-0.1, -0.05) is 13.0 Å². The number of aliphatic hydroxyl groups is 1. The number of carboxylic acids is 1. The number of likely N-dealkylation sites (N-methyl/N-ethyl adjacent to an activating group) is 1. The highest BCUT2D eigenvalue weighted by Gasteiger charge is 2.23. The van der Waals surface area contributed by atoms with Crippen molar-refractivity contribution in [2.24, 2.45) is 0 Å². The smallest absolute Gasteiger partial charge is 0.305 e. The van der Waals surface area contributed by atoms with Crippen LogP contribution in [-0.4, -0.2) is 28.8 Å². The molecule has 1 rings (SSSR count). The van der Waals surface area contributed by atoms with E-state index >= 15 is 0 Å². The predicted octanol–water partition coefficient (Wildman–Crippen LogP) is 1.45. The quantitative estimate of drug-likeness (QED) is 0.723. The van der Waals surface area contributed by atoms with Crippen molar-refractivity contribution < 1.29 is 23.8 Å². The Morgan fingerprint density at radius 1 is 1.39 bits per heavy atom. The first-order chi connectivity index (χ1) is 8.45. The highest BCUT2D eigenvalue weighted by atomic mass is 19.2. The number of aliphatic carboxylic acids is 1. The van der Waals surface area contributed by atoms with Gasteiger partial charge in [-0.25, -0.2) is 8.78 Å². The lowest BCUT2D eigenvalue weighted by Gasteiger charge is -2.22. The maximum atomic E-state index is 13.0. The number of hydrogen-bond acceptors (Lipinski definition) is 3. The van der Waals surface area contributed by atoms with Crippen LogP contribution in [0.4, 0.5) is 8.78 Å². The summed E-state index contributed by atoms with van der Waals surface area (Å²) >= 11 is 0. The Balaban J connectivity index is 2.89. The molecule has 0 saturated heterocycles. The number of aliphatic hydroxyl groups excluding tert-OH is 1. The van der Waals surface area contributed by atoms with Crippen LogP contribution in [0.2, 0.25) is 0 Å². The number of nitrogens with one attached hydrogen (secondary N) is 1. The predicted molar refractivity (Wildman–Crippen MR) is 61.0 cm³/mol. The van der Waals surface area contributed by atoms with E-state index in [1.807, 2.05) is 0 Å². The number of halogens is 2. The molecule has 0 amide bonds. The summed E-state index contributed by atoms with van der Waals surface area (Å²) < 4.78 is 25.8. The minimum atomic E-state index is -1.21. The largest absolute Gasteiger partial charge is 0.481 e. The van der Waals surface area contributed by atoms with Crippen molar-refractivity contribution in [3.8, 4) is 0 Å². The van der Waals surface area contributed by atoms with Crippen molar-refractivity contribution >= 4 is 5.97 Å². The lowest BCUT2D eigenvalue weighted by atomic mass is 9.99. The third kappa shape index (κ3) is 3.75. The molecule has 0 heterocycles. The van der Waals surface area contributed by atoms with E-state index in [1.54, 1.807) is 6.92 Å². The third-order valence-electron chi connectivity index (χ3n) is 2.53. The Morgan fingerprint density at radius 3 is 2.56 bits per heavy atom. The number of hydrogen-bond donors (Lipinski definition) is 3. The lowest BCUT2D eigenvalue weighted by molar-refractivity contribution is -0.138. The monoisotopic (exact) mass is 259 g/mol. The van der Waals surface area contributed by atoms with E-state index in [-0.39, 0.29) is 12.0 Å². The molecule has 0 spiro atoms. The molecule has 0 fully saturated rings. The summed E-state index contributed by atoms with van der Waals surface area (Å²) in [5.41, 5.74) is 0.140. The molecular formula is C12H15F2NO3. The lowest BCUT2D eigenvalue weighted by Crippen LogP contribution is -2.36. The van der Waals surface area contributed by atoms with Crippen LogP contribution in [0.3, 0.4) is 0 Å². The van der Waals surface area contributed by atoms with E-state index in [2.05, 4.69) is 5.32 Å². The summed E-state index contributed by atoms with van der Waals surface area (Å²) in [5, 5.41) is 21.5. The number of carbonyl (C=O) groups is 1. The van der Waals surface area contributed by atoms with Gasteiger partial charge in [0.25, 0.3) is 0 Å². The molecule has 4 nitrogen and oxygen atoms in total. The molecule has 0 aliphatic carbocycles. The Bertz CT molecular complexity index is 426. The van der Waals surface area contributed by atoms with Gasteiger partial charge in [-0.05, 0) is 24.2 Å². The molecule has 100 valence electrons. The summed E-state index contributed by atoms with van der Waals surface area (Å²) in [6, 6.07) is 2.25. The zero-order valence-corrected chi connectivity index (χ0v) is 9.86. The van der Waals surface area contributed by atoms with Crippen LogP contribution in [0, 0.1) is 11.6 Å². The Hall–Kier alpha value is -1.53. The summed E-state index contributed by atoms with van der Waals surface area (Å²) in [6.07, 6.45) is -1.52. The molecule has 6 heteroatoms. The van der Waals surface area contributed by atoms with E-state index in [9.17, 15) is 18.7 Å². The molecule has 3 N–H and O–H groups in total. The summed E-state index contributed by atoms with van der Waals surface area (Å²) in [4.78, 5) is 10.7. The Kier molecular flexibility index (Phi) is 5.18. The molecule has 0 aromatic heterocycles. The summed E-state index contributed by atoms with van der Waals surface area (Å²) in [6.45, 7) is 2.21. The van der Waals surface area contributed by atoms with E-state index in [1.165, 1.54) is 6.07 Å². The molecule has 0 aliphatic rings. The van der Waals surface area contributed by atoms with Gasteiger partial charge in [0.05, 0.1) is 12.5 Å². The van der Waals surface area contributed by atoms with Gasteiger partial charge < -0.3 is 15.5 Å². The molecule has 2 unspecified atom stereocenters. The van der Waals surface area contributed by atoms with Crippen molar-refractivity contribution in [2.75, 3.05) is 6.54 Å². The van der Waals surface area contributed by atoms with E-state index < -0.39 is 29.7 Å². The fourth-order valence-electron chi connectivity index (χ4n) is 1.67. The molecule has 0 saturated carbocycles. The second kappa shape index (κ2) is 6.42. The maximum Gasteiger partial charge on any atom is 0.305 e. The van der Waals surface area contributed by atoms with Crippen LogP contribution in [0.25, 0.3) is 0 Å². The van der Waals surface area contributed by atoms with Crippen molar-refractivity contribution in [3.63, 3.8) is 0 Å². The number of rotatable bonds is 6. The number of benzene rings is 1. The zero-order valence-electron chi connectivity index (χ0n) is 9.86. The average molecular weight is 259 g/mol. The summed E-state index contributed by atoms with van der Waals surface area (Å²) in [5.74, 6) is -3.16. The van der Waals surface area contributed by atoms with Gasteiger partial charge in [0.1, 0.15) is 0 Å².